The average Bonchev–Trinajstić information content (AvgIpc) is 3.47. The molecular weight excluding hydrogens is 385 g/mol. The maximum atomic E-state index is 13.4. The Kier molecular flexibility index (Phi) is 5.00. The molecule has 1 N–H and O–H groups in total. The molecule has 2 aromatic carbocycles. The van der Waals surface area contributed by atoms with Gasteiger partial charge < -0.3 is 14.8 Å². The molecule has 0 saturated heterocycles. The first-order valence-electron chi connectivity index (χ1n) is 8.81. The van der Waals surface area contributed by atoms with E-state index in [9.17, 15) is 9.18 Å². The molecule has 1 aromatic heterocycles. The van der Waals surface area contributed by atoms with Crippen molar-refractivity contribution in [3.8, 4) is 11.5 Å². The number of hydrogen-bond acceptors (Lipinski definition) is 6. The van der Waals surface area contributed by atoms with E-state index in [2.05, 4.69) is 15.3 Å². The second-order valence-corrected chi connectivity index (χ2v) is 7.05. The van der Waals surface area contributed by atoms with Crippen LogP contribution in [0.1, 0.15) is 19.8 Å². The van der Waals surface area contributed by atoms with Crippen molar-refractivity contribution in [3.63, 3.8) is 0 Å². The van der Waals surface area contributed by atoms with E-state index >= 15 is 0 Å². The molecule has 0 atom stereocenters. The van der Waals surface area contributed by atoms with E-state index in [1.54, 1.807) is 18.2 Å². The molecule has 3 aromatic rings. The van der Waals surface area contributed by atoms with Gasteiger partial charge in [0.05, 0.1) is 17.1 Å². The summed E-state index contributed by atoms with van der Waals surface area (Å²) in [6.45, 7) is 1.89. The van der Waals surface area contributed by atoms with Gasteiger partial charge in [-0.1, -0.05) is 11.6 Å². The summed E-state index contributed by atoms with van der Waals surface area (Å²) in [5.41, 5.74) is 1.15. The number of fused-ring (bicyclic) bond motifs is 1. The van der Waals surface area contributed by atoms with Crippen molar-refractivity contribution in [2.75, 3.05) is 11.9 Å². The summed E-state index contributed by atoms with van der Waals surface area (Å²) < 4.78 is 24.6. The minimum atomic E-state index is -0.499. The number of ether oxygens (including phenoxy) is 2. The van der Waals surface area contributed by atoms with Gasteiger partial charge in [0.1, 0.15) is 18.0 Å². The van der Waals surface area contributed by atoms with Crippen LogP contribution in [0.15, 0.2) is 36.7 Å². The van der Waals surface area contributed by atoms with E-state index in [1.807, 2.05) is 0 Å². The van der Waals surface area contributed by atoms with Gasteiger partial charge in [-0.05, 0) is 43.0 Å². The van der Waals surface area contributed by atoms with Crippen LogP contribution >= 0.6 is 11.6 Å². The highest BCUT2D eigenvalue weighted by molar-refractivity contribution is 6.31. The summed E-state index contributed by atoms with van der Waals surface area (Å²) in [5, 5.41) is 3.79. The Bertz CT molecular complexity index is 1060. The molecule has 144 valence electrons. The number of halogens is 2. The molecule has 0 radical (unpaired) electrons. The standard InChI is InChI=1S/C20H17ClFN3O3/c1-11(26)28-19-8-17-14(7-18(19)27-9-12-2-3-12)20(24-10-23-17)25-13-4-5-16(22)15(21)6-13/h4-8,10,12H,2-3,9H2,1H3,(H,23,24,25). The molecule has 28 heavy (non-hydrogen) atoms. The molecule has 1 heterocycles. The summed E-state index contributed by atoms with van der Waals surface area (Å²) in [7, 11) is 0. The second-order valence-electron chi connectivity index (χ2n) is 6.64. The Labute approximate surface area is 165 Å². The van der Waals surface area contributed by atoms with E-state index in [4.69, 9.17) is 21.1 Å². The van der Waals surface area contributed by atoms with Crippen LogP contribution in [-0.4, -0.2) is 22.5 Å². The Morgan fingerprint density at radius 3 is 2.79 bits per heavy atom. The fourth-order valence-electron chi connectivity index (χ4n) is 2.71. The van der Waals surface area contributed by atoms with Gasteiger partial charge in [0.25, 0.3) is 0 Å². The molecule has 1 aliphatic rings. The summed E-state index contributed by atoms with van der Waals surface area (Å²) in [4.78, 5) is 20.0. The number of aromatic nitrogens is 2. The lowest BCUT2D eigenvalue weighted by atomic mass is 10.2. The highest BCUT2D eigenvalue weighted by Crippen LogP contribution is 2.37. The van der Waals surface area contributed by atoms with Gasteiger partial charge in [0, 0.05) is 24.1 Å². The highest BCUT2D eigenvalue weighted by Gasteiger charge is 2.23. The topological polar surface area (TPSA) is 73.3 Å². The lowest BCUT2D eigenvalue weighted by molar-refractivity contribution is -0.132. The summed E-state index contributed by atoms with van der Waals surface area (Å²) in [6.07, 6.45) is 3.66. The van der Waals surface area contributed by atoms with E-state index in [1.165, 1.54) is 25.4 Å². The molecule has 0 spiro atoms. The van der Waals surface area contributed by atoms with Crippen LogP contribution in [0.4, 0.5) is 15.9 Å². The van der Waals surface area contributed by atoms with Crippen molar-refractivity contribution in [1.82, 2.24) is 9.97 Å². The lowest BCUT2D eigenvalue weighted by Gasteiger charge is -2.14. The quantitative estimate of drug-likeness (QED) is 0.468. The number of carbonyl (C=O) groups is 1. The zero-order chi connectivity index (χ0) is 19.7. The van der Waals surface area contributed by atoms with Crippen LogP contribution in [0.25, 0.3) is 10.9 Å². The number of esters is 1. The normalized spacial score (nSPS) is 13.4. The first-order valence-corrected chi connectivity index (χ1v) is 9.19. The Balaban J connectivity index is 1.72. The van der Waals surface area contributed by atoms with E-state index < -0.39 is 11.8 Å². The van der Waals surface area contributed by atoms with Gasteiger partial charge in [0.2, 0.25) is 0 Å². The number of hydrogen-bond donors (Lipinski definition) is 1. The number of nitrogens with one attached hydrogen (secondary N) is 1. The van der Waals surface area contributed by atoms with Crippen LogP contribution in [-0.2, 0) is 4.79 Å². The van der Waals surface area contributed by atoms with Gasteiger partial charge in [-0.25, -0.2) is 14.4 Å². The maximum Gasteiger partial charge on any atom is 0.308 e. The number of rotatable bonds is 6. The zero-order valence-corrected chi connectivity index (χ0v) is 15.8. The third-order valence-corrected chi connectivity index (χ3v) is 4.60. The number of nitrogens with zero attached hydrogens (tertiary/aromatic N) is 2. The van der Waals surface area contributed by atoms with Crippen molar-refractivity contribution in [2.24, 2.45) is 5.92 Å². The Morgan fingerprint density at radius 1 is 1.25 bits per heavy atom. The molecule has 1 fully saturated rings. The summed E-state index contributed by atoms with van der Waals surface area (Å²) in [5.74, 6) is 0.857. The van der Waals surface area contributed by atoms with Crippen LogP contribution in [0.3, 0.4) is 0 Å². The molecular formula is C20H17ClFN3O3. The fraction of sp³-hybridized carbons (Fsp3) is 0.250. The smallest absolute Gasteiger partial charge is 0.308 e. The van der Waals surface area contributed by atoms with Crippen molar-refractivity contribution in [1.29, 1.82) is 0 Å². The molecule has 4 rings (SSSR count). The second kappa shape index (κ2) is 7.59. The van der Waals surface area contributed by atoms with Gasteiger partial charge in [-0.15, -0.1) is 0 Å². The van der Waals surface area contributed by atoms with E-state index in [0.29, 0.717) is 46.4 Å². The van der Waals surface area contributed by atoms with Gasteiger partial charge in [-0.3, -0.25) is 4.79 Å². The Hall–Kier alpha value is -2.93. The zero-order valence-electron chi connectivity index (χ0n) is 15.0. The van der Waals surface area contributed by atoms with E-state index in [0.717, 1.165) is 12.8 Å². The third-order valence-electron chi connectivity index (χ3n) is 4.31. The number of anilines is 2. The van der Waals surface area contributed by atoms with Crippen molar-refractivity contribution in [3.05, 3.63) is 47.5 Å². The number of carbonyl (C=O) groups excluding carboxylic acids is 1. The molecule has 1 aliphatic carbocycles. The highest BCUT2D eigenvalue weighted by atomic mass is 35.5. The van der Waals surface area contributed by atoms with Gasteiger partial charge in [0.15, 0.2) is 11.5 Å². The Morgan fingerprint density at radius 2 is 2.07 bits per heavy atom. The molecule has 0 aliphatic heterocycles. The van der Waals surface area contributed by atoms with Crippen molar-refractivity contribution < 1.29 is 18.7 Å². The molecule has 0 unspecified atom stereocenters. The third kappa shape index (κ3) is 4.14. The first kappa shape index (κ1) is 18.4. The number of benzene rings is 2. The molecule has 1 saturated carbocycles. The van der Waals surface area contributed by atoms with Gasteiger partial charge in [-0.2, -0.15) is 0 Å². The largest absolute Gasteiger partial charge is 0.489 e. The molecule has 0 bridgehead atoms. The minimum absolute atomic E-state index is 0.00830. The van der Waals surface area contributed by atoms with Crippen LogP contribution in [0.5, 0.6) is 11.5 Å². The summed E-state index contributed by atoms with van der Waals surface area (Å²) >= 11 is 5.85. The van der Waals surface area contributed by atoms with Crippen LogP contribution in [0.2, 0.25) is 5.02 Å². The minimum Gasteiger partial charge on any atom is -0.489 e. The average molecular weight is 402 g/mol. The summed E-state index contributed by atoms with van der Waals surface area (Å²) in [6, 6.07) is 7.69. The molecule has 0 amide bonds. The predicted molar refractivity (Wildman–Crippen MR) is 104 cm³/mol. The van der Waals surface area contributed by atoms with Gasteiger partial charge >= 0.3 is 5.97 Å². The molecule has 8 heteroatoms. The lowest BCUT2D eigenvalue weighted by Crippen LogP contribution is -2.06. The van der Waals surface area contributed by atoms with Crippen molar-refractivity contribution >= 4 is 40.0 Å². The SMILES string of the molecule is CC(=O)Oc1cc2ncnc(Nc3ccc(F)c(Cl)c3)c2cc1OCC1CC1. The first-order chi connectivity index (χ1) is 13.5. The van der Waals surface area contributed by atoms with Crippen LogP contribution < -0.4 is 14.8 Å². The van der Waals surface area contributed by atoms with E-state index in [-0.39, 0.29) is 5.02 Å². The monoisotopic (exact) mass is 401 g/mol. The fourth-order valence-corrected chi connectivity index (χ4v) is 2.89. The van der Waals surface area contributed by atoms with Crippen LogP contribution in [0, 0.1) is 11.7 Å². The maximum absolute atomic E-state index is 13.4. The molecule has 6 nitrogen and oxygen atoms in total. The predicted octanol–water partition coefficient (Wildman–Crippen LogP) is 4.88. The van der Waals surface area contributed by atoms with Crippen molar-refractivity contribution in [2.45, 2.75) is 19.8 Å².